The van der Waals surface area contributed by atoms with E-state index in [9.17, 15) is 4.79 Å². The van der Waals surface area contributed by atoms with Gasteiger partial charge in [-0.1, -0.05) is 37.5 Å². The third-order valence-electron chi connectivity index (χ3n) is 4.75. The molecule has 1 heterocycles. The fourth-order valence-electron chi connectivity index (χ4n) is 3.37. The SMILES string of the molecule is O=C(COC1CCCCC1)N1CCN(c2ccccc2)CC1. The minimum atomic E-state index is 0.151. The summed E-state index contributed by atoms with van der Waals surface area (Å²) in [6.45, 7) is 3.65. The Balaban J connectivity index is 1.41. The second kappa shape index (κ2) is 7.63. The number of rotatable bonds is 4. The van der Waals surface area contributed by atoms with Gasteiger partial charge in [-0.3, -0.25) is 4.79 Å². The molecule has 1 aromatic rings. The third kappa shape index (κ3) is 4.01. The molecule has 0 unspecified atom stereocenters. The Morgan fingerprint density at radius 1 is 1.00 bits per heavy atom. The molecule has 1 aromatic carbocycles. The highest BCUT2D eigenvalue weighted by Gasteiger charge is 2.22. The second-order valence-corrected chi connectivity index (χ2v) is 6.27. The summed E-state index contributed by atoms with van der Waals surface area (Å²) in [5, 5.41) is 0. The maximum Gasteiger partial charge on any atom is 0.248 e. The summed E-state index contributed by atoms with van der Waals surface area (Å²) in [5.41, 5.74) is 1.24. The van der Waals surface area contributed by atoms with Crippen molar-refractivity contribution < 1.29 is 9.53 Å². The summed E-state index contributed by atoms with van der Waals surface area (Å²) >= 11 is 0. The Morgan fingerprint density at radius 2 is 1.68 bits per heavy atom. The molecule has 1 aliphatic heterocycles. The summed E-state index contributed by atoms with van der Waals surface area (Å²) in [6.07, 6.45) is 6.35. The van der Waals surface area contributed by atoms with Gasteiger partial charge in [0.2, 0.25) is 5.91 Å². The number of piperazine rings is 1. The second-order valence-electron chi connectivity index (χ2n) is 6.27. The Hall–Kier alpha value is -1.55. The number of benzene rings is 1. The molecule has 120 valence electrons. The van der Waals surface area contributed by atoms with Crippen molar-refractivity contribution in [1.29, 1.82) is 0 Å². The van der Waals surface area contributed by atoms with Crippen LogP contribution in [0.2, 0.25) is 0 Å². The quantitative estimate of drug-likeness (QED) is 0.857. The summed E-state index contributed by atoms with van der Waals surface area (Å²) in [7, 11) is 0. The van der Waals surface area contributed by atoms with Gasteiger partial charge >= 0.3 is 0 Å². The first-order valence-electron chi connectivity index (χ1n) is 8.52. The monoisotopic (exact) mass is 302 g/mol. The van der Waals surface area contributed by atoms with Gasteiger partial charge in [-0.05, 0) is 25.0 Å². The average Bonchev–Trinajstić information content (AvgIpc) is 2.61. The lowest BCUT2D eigenvalue weighted by molar-refractivity contribution is -0.139. The van der Waals surface area contributed by atoms with Crippen LogP contribution in [0.3, 0.4) is 0 Å². The summed E-state index contributed by atoms with van der Waals surface area (Å²) in [4.78, 5) is 16.6. The highest BCUT2D eigenvalue weighted by Crippen LogP contribution is 2.20. The van der Waals surface area contributed by atoms with E-state index in [1.165, 1.54) is 24.9 Å². The lowest BCUT2D eigenvalue weighted by Crippen LogP contribution is -2.50. The molecular formula is C18H26N2O2. The molecule has 0 bridgehead atoms. The van der Waals surface area contributed by atoms with Crippen LogP contribution in [0.15, 0.2) is 30.3 Å². The predicted octanol–water partition coefficient (Wildman–Crippen LogP) is 2.68. The van der Waals surface area contributed by atoms with Crippen LogP contribution < -0.4 is 4.90 Å². The number of anilines is 1. The topological polar surface area (TPSA) is 32.8 Å². The number of hydrogen-bond acceptors (Lipinski definition) is 3. The Labute approximate surface area is 133 Å². The molecule has 4 nitrogen and oxygen atoms in total. The molecule has 1 aliphatic carbocycles. The van der Waals surface area contributed by atoms with E-state index in [2.05, 4.69) is 29.2 Å². The minimum Gasteiger partial charge on any atom is -0.368 e. The molecule has 0 radical (unpaired) electrons. The molecule has 1 saturated carbocycles. The van der Waals surface area contributed by atoms with Crippen molar-refractivity contribution in [2.75, 3.05) is 37.7 Å². The molecule has 0 aromatic heterocycles. The molecule has 2 aliphatic rings. The van der Waals surface area contributed by atoms with Gasteiger partial charge in [0, 0.05) is 31.9 Å². The number of carbonyl (C=O) groups excluding carboxylic acids is 1. The van der Waals surface area contributed by atoms with Gasteiger partial charge in [-0.25, -0.2) is 0 Å². The molecule has 2 fully saturated rings. The average molecular weight is 302 g/mol. The van der Waals surface area contributed by atoms with Crippen LogP contribution in [0.25, 0.3) is 0 Å². The zero-order chi connectivity index (χ0) is 15.2. The number of carbonyl (C=O) groups is 1. The molecular weight excluding hydrogens is 276 g/mol. The highest BCUT2D eigenvalue weighted by molar-refractivity contribution is 5.77. The smallest absolute Gasteiger partial charge is 0.248 e. The van der Waals surface area contributed by atoms with E-state index in [4.69, 9.17) is 4.74 Å². The van der Waals surface area contributed by atoms with Crippen LogP contribution in [0, 0.1) is 0 Å². The Bertz CT molecular complexity index is 463. The maximum atomic E-state index is 12.3. The molecule has 3 rings (SSSR count). The highest BCUT2D eigenvalue weighted by atomic mass is 16.5. The van der Waals surface area contributed by atoms with Crippen molar-refractivity contribution in [1.82, 2.24) is 4.90 Å². The number of hydrogen-bond donors (Lipinski definition) is 0. The number of nitrogens with zero attached hydrogens (tertiary/aromatic N) is 2. The van der Waals surface area contributed by atoms with Gasteiger partial charge in [0.25, 0.3) is 0 Å². The first-order chi connectivity index (χ1) is 10.8. The van der Waals surface area contributed by atoms with Gasteiger partial charge in [0.05, 0.1) is 6.10 Å². The Morgan fingerprint density at radius 3 is 2.36 bits per heavy atom. The molecule has 0 N–H and O–H groups in total. The minimum absolute atomic E-state index is 0.151. The first kappa shape index (κ1) is 15.3. The predicted molar refractivity (Wildman–Crippen MR) is 88.1 cm³/mol. The fourth-order valence-corrected chi connectivity index (χ4v) is 3.37. The van der Waals surface area contributed by atoms with E-state index in [-0.39, 0.29) is 12.5 Å². The van der Waals surface area contributed by atoms with Crippen LogP contribution in [0.4, 0.5) is 5.69 Å². The largest absolute Gasteiger partial charge is 0.368 e. The normalized spacial score (nSPS) is 20.2. The van der Waals surface area contributed by atoms with E-state index in [1.54, 1.807) is 0 Å². The molecule has 1 saturated heterocycles. The van der Waals surface area contributed by atoms with Crippen molar-refractivity contribution in [3.63, 3.8) is 0 Å². The van der Waals surface area contributed by atoms with Crippen molar-refractivity contribution in [2.24, 2.45) is 0 Å². The third-order valence-corrected chi connectivity index (χ3v) is 4.75. The summed E-state index contributed by atoms with van der Waals surface area (Å²) in [5.74, 6) is 0.151. The molecule has 0 spiro atoms. The van der Waals surface area contributed by atoms with E-state index >= 15 is 0 Å². The zero-order valence-corrected chi connectivity index (χ0v) is 13.2. The summed E-state index contributed by atoms with van der Waals surface area (Å²) < 4.78 is 5.80. The van der Waals surface area contributed by atoms with E-state index in [0.717, 1.165) is 39.0 Å². The first-order valence-corrected chi connectivity index (χ1v) is 8.52. The Kier molecular flexibility index (Phi) is 5.33. The van der Waals surface area contributed by atoms with E-state index < -0.39 is 0 Å². The molecule has 4 heteroatoms. The van der Waals surface area contributed by atoms with Crippen molar-refractivity contribution >= 4 is 11.6 Å². The lowest BCUT2D eigenvalue weighted by atomic mass is 9.98. The lowest BCUT2D eigenvalue weighted by Gasteiger charge is -2.36. The molecule has 22 heavy (non-hydrogen) atoms. The maximum absolute atomic E-state index is 12.3. The standard InChI is InChI=1S/C18H26N2O2/c21-18(15-22-17-9-5-2-6-10-17)20-13-11-19(12-14-20)16-7-3-1-4-8-16/h1,3-4,7-8,17H,2,5-6,9-15H2. The number of amides is 1. The van der Waals surface area contributed by atoms with E-state index in [1.807, 2.05) is 11.0 Å². The van der Waals surface area contributed by atoms with Crippen molar-refractivity contribution in [3.05, 3.63) is 30.3 Å². The van der Waals surface area contributed by atoms with Crippen LogP contribution in [-0.4, -0.2) is 49.7 Å². The van der Waals surface area contributed by atoms with Gasteiger partial charge in [-0.2, -0.15) is 0 Å². The molecule has 0 atom stereocenters. The van der Waals surface area contributed by atoms with Crippen LogP contribution in [0.5, 0.6) is 0 Å². The van der Waals surface area contributed by atoms with Crippen LogP contribution >= 0.6 is 0 Å². The van der Waals surface area contributed by atoms with Crippen molar-refractivity contribution in [3.8, 4) is 0 Å². The number of ether oxygens (including phenoxy) is 1. The fraction of sp³-hybridized carbons (Fsp3) is 0.611. The van der Waals surface area contributed by atoms with Gasteiger partial charge < -0.3 is 14.5 Å². The van der Waals surface area contributed by atoms with E-state index in [0.29, 0.717) is 6.10 Å². The number of para-hydroxylation sites is 1. The summed E-state index contributed by atoms with van der Waals surface area (Å²) in [6, 6.07) is 10.4. The van der Waals surface area contributed by atoms with Gasteiger partial charge in [-0.15, -0.1) is 0 Å². The molecule has 1 amide bonds. The van der Waals surface area contributed by atoms with Crippen LogP contribution in [0.1, 0.15) is 32.1 Å². The van der Waals surface area contributed by atoms with Crippen LogP contribution in [-0.2, 0) is 9.53 Å². The van der Waals surface area contributed by atoms with Gasteiger partial charge in [0.1, 0.15) is 6.61 Å². The zero-order valence-electron chi connectivity index (χ0n) is 13.2. The van der Waals surface area contributed by atoms with Gasteiger partial charge in [0.15, 0.2) is 0 Å². The van der Waals surface area contributed by atoms with Crippen molar-refractivity contribution in [2.45, 2.75) is 38.2 Å².